The van der Waals surface area contributed by atoms with Crippen molar-refractivity contribution in [1.82, 2.24) is 0 Å². The van der Waals surface area contributed by atoms with Crippen molar-refractivity contribution in [2.45, 2.75) is 0 Å². The summed E-state index contributed by atoms with van der Waals surface area (Å²) in [7, 11) is 2.54. The minimum Gasteiger partial charge on any atom is -0.465 e. The lowest BCUT2D eigenvalue weighted by Gasteiger charge is -2.11. The first-order valence-electron chi connectivity index (χ1n) is 6.99. The summed E-state index contributed by atoms with van der Waals surface area (Å²) in [5.41, 5.74) is 1.26. The summed E-state index contributed by atoms with van der Waals surface area (Å²) in [6.45, 7) is 0. The van der Waals surface area contributed by atoms with Crippen LogP contribution in [0.4, 0.5) is 16.2 Å². The molecule has 0 aliphatic carbocycles. The van der Waals surface area contributed by atoms with Crippen LogP contribution in [0.15, 0.2) is 48.5 Å². The lowest BCUT2D eigenvalue weighted by Crippen LogP contribution is -2.21. The maximum atomic E-state index is 12.1. The molecule has 0 fully saturated rings. The molecule has 2 N–H and O–H groups in total. The molecule has 0 aromatic heterocycles. The van der Waals surface area contributed by atoms with E-state index < -0.39 is 18.0 Å². The van der Waals surface area contributed by atoms with E-state index in [1.54, 1.807) is 42.5 Å². The van der Waals surface area contributed by atoms with Crippen molar-refractivity contribution in [3.8, 4) is 0 Å². The highest BCUT2D eigenvalue weighted by molar-refractivity contribution is 6.05. The zero-order valence-electron chi connectivity index (χ0n) is 13.2. The normalized spacial score (nSPS) is 9.75. The summed E-state index contributed by atoms with van der Waals surface area (Å²) >= 11 is 0. The van der Waals surface area contributed by atoms with Crippen molar-refractivity contribution in [2.24, 2.45) is 0 Å². The van der Waals surface area contributed by atoms with Crippen LogP contribution < -0.4 is 10.6 Å². The van der Waals surface area contributed by atoms with E-state index in [0.29, 0.717) is 16.9 Å². The number of esters is 2. The SMILES string of the molecule is COC(=O)c1cccc(NC(=O)Nc2ccccc2C(=O)OC)c1. The number of carbonyl (C=O) groups is 3. The summed E-state index contributed by atoms with van der Waals surface area (Å²) in [5.74, 6) is -1.06. The Bertz CT molecular complexity index is 773. The fourth-order valence-corrected chi connectivity index (χ4v) is 2.01. The minimum atomic E-state index is -0.562. The van der Waals surface area contributed by atoms with Crippen molar-refractivity contribution in [2.75, 3.05) is 24.9 Å². The Hall–Kier alpha value is -3.35. The van der Waals surface area contributed by atoms with Crippen LogP contribution >= 0.6 is 0 Å². The molecule has 0 atom stereocenters. The number of amides is 2. The number of benzene rings is 2. The standard InChI is InChI=1S/C17H16N2O5/c1-23-15(20)11-6-5-7-12(10-11)18-17(22)19-14-9-4-3-8-13(14)16(21)24-2/h3-10H,1-2H3,(H2,18,19,22). The Morgan fingerprint density at radius 1 is 0.833 bits per heavy atom. The fraction of sp³-hybridized carbons (Fsp3) is 0.118. The fourth-order valence-electron chi connectivity index (χ4n) is 2.01. The third-order valence-corrected chi connectivity index (χ3v) is 3.12. The van der Waals surface area contributed by atoms with E-state index in [-0.39, 0.29) is 5.56 Å². The predicted molar refractivity (Wildman–Crippen MR) is 88.2 cm³/mol. The monoisotopic (exact) mass is 328 g/mol. The first-order chi connectivity index (χ1) is 11.5. The van der Waals surface area contributed by atoms with E-state index in [1.807, 2.05) is 0 Å². The molecule has 0 saturated carbocycles. The summed E-state index contributed by atoms with van der Waals surface area (Å²) in [6, 6.07) is 12.2. The molecule has 0 aliphatic heterocycles. The van der Waals surface area contributed by atoms with Crippen LogP contribution in [0.1, 0.15) is 20.7 Å². The number of rotatable bonds is 4. The molecular formula is C17H16N2O5. The molecule has 2 aromatic carbocycles. The van der Waals surface area contributed by atoms with Gasteiger partial charge in [-0.1, -0.05) is 18.2 Å². The molecule has 7 nitrogen and oxygen atoms in total. The highest BCUT2D eigenvalue weighted by atomic mass is 16.5. The maximum Gasteiger partial charge on any atom is 0.339 e. The molecule has 2 aromatic rings. The third-order valence-electron chi connectivity index (χ3n) is 3.12. The van der Waals surface area contributed by atoms with Gasteiger partial charge < -0.3 is 20.1 Å². The van der Waals surface area contributed by atoms with Crippen molar-refractivity contribution in [1.29, 1.82) is 0 Å². The van der Waals surface area contributed by atoms with Gasteiger partial charge in [-0.2, -0.15) is 0 Å². The average Bonchev–Trinajstić information content (AvgIpc) is 2.61. The topological polar surface area (TPSA) is 93.7 Å². The van der Waals surface area contributed by atoms with Crippen molar-refractivity contribution < 1.29 is 23.9 Å². The van der Waals surface area contributed by atoms with Gasteiger partial charge in [0.25, 0.3) is 0 Å². The maximum absolute atomic E-state index is 12.1. The van der Waals surface area contributed by atoms with Gasteiger partial charge in [0.15, 0.2) is 0 Å². The zero-order valence-corrected chi connectivity index (χ0v) is 13.2. The number of nitrogens with one attached hydrogen (secondary N) is 2. The Morgan fingerprint density at radius 2 is 1.54 bits per heavy atom. The summed E-state index contributed by atoms with van der Waals surface area (Å²) in [6.07, 6.45) is 0. The Labute approximate surface area is 138 Å². The third kappa shape index (κ3) is 4.10. The lowest BCUT2D eigenvalue weighted by atomic mass is 10.2. The predicted octanol–water partition coefficient (Wildman–Crippen LogP) is 2.90. The highest BCUT2D eigenvalue weighted by Crippen LogP contribution is 2.17. The first-order valence-corrected chi connectivity index (χ1v) is 6.99. The van der Waals surface area contributed by atoms with Gasteiger partial charge >= 0.3 is 18.0 Å². The molecule has 0 aliphatic rings. The number of para-hydroxylation sites is 1. The quantitative estimate of drug-likeness (QED) is 0.842. The van der Waals surface area contributed by atoms with Crippen LogP contribution in [-0.4, -0.2) is 32.2 Å². The van der Waals surface area contributed by atoms with Crippen LogP contribution in [0, 0.1) is 0 Å². The van der Waals surface area contributed by atoms with Gasteiger partial charge in [-0.15, -0.1) is 0 Å². The molecule has 0 bridgehead atoms. The van der Waals surface area contributed by atoms with Crippen LogP contribution in [-0.2, 0) is 9.47 Å². The molecule has 0 radical (unpaired) electrons. The second-order valence-corrected chi connectivity index (χ2v) is 4.69. The van der Waals surface area contributed by atoms with Crippen molar-refractivity contribution in [3.63, 3.8) is 0 Å². The number of ether oxygens (including phenoxy) is 2. The van der Waals surface area contributed by atoms with Gasteiger partial charge in [0.05, 0.1) is 31.0 Å². The van der Waals surface area contributed by atoms with Crippen LogP contribution in [0.5, 0.6) is 0 Å². The van der Waals surface area contributed by atoms with Gasteiger partial charge in [0.1, 0.15) is 0 Å². The van der Waals surface area contributed by atoms with E-state index in [4.69, 9.17) is 0 Å². The van der Waals surface area contributed by atoms with Crippen LogP contribution in [0.3, 0.4) is 0 Å². The Morgan fingerprint density at radius 3 is 2.25 bits per heavy atom. The van der Waals surface area contributed by atoms with E-state index in [9.17, 15) is 14.4 Å². The minimum absolute atomic E-state index is 0.235. The Balaban J connectivity index is 2.12. The molecular weight excluding hydrogens is 312 g/mol. The first kappa shape index (κ1) is 17.0. The Kier molecular flexibility index (Phi) is 5.51. The summed E-state index contributed by atoms with van der Waals surface area (Å²) in [5, 5.41) is 5.15. The number of hydrogen-bond donors (Lipinski definition) is 2. The molecule has 0 unspecified atom stereocenters. The van der Waals surface area contributed by atoms with Gasteiger partial charge in [-0.05, 0) is 30.3 Å². The molecule has 0 heterocycles. The smallest absolute Gasteiger partial charge is 0.339 e. The van der Waals surface area contributed by atoms with Crippen molar-refractivity contribution >= 4 is 29.3 Å². The zero-order chi connectivity index (χ0) is 17.5. The second-order valence-electron chi connectivity index (χ2n) is 4.69. The number of anilines is 2. The van der Waals surface area contributed by atoms with Gasteiger partial charge in [-0.3, -0.25) is 0 Å². The van der Waals surface area contributed by atoms with Crippen LogP contribution in [0.25, 0.3) is 0 Å². The van der Waals surface area contributed by atoms with E-state index in [2.05, 4.69) is 20.1 Å². The summed E-state index contributed by atoms with van der Waals surface area (Å²) in [4.78, 5) is 35.3. The molecule has 124 valence electrons. The molecule has 0 saturated heterocycles. The largest absolute Gasteiger partial charge is 0.465 e. The van der Waals surface area contributed by atoms with Gasteiger partial charge in [-0.25, -0.2) is 14.4 Å². The second kappa shape index (κ2) is 7.77. The number of carbonyl (C=O) groups excluding carboxylic acids is 3. The molecule has 0 spiro atoms. The van der Waals surface area contributed by atoms with E-state index in [1.165, 1.54) is 20.3 Å². The van der Waals surface area contributed by atoms with E-state index >= 15 is 0 Å². The molecule has 2 rings (SSSR count). The lowest BCUT2D eigenvalue weighted by molar-refractivity contribution is 0.0592. The summed E-state index contributed by atoms with van der Waals surface area (Å²) < 4.78 is 9.30. The van der Waals surface area contributed by atoms with Crippen LogP contribution in [0.2, 0.25) is 0 Å². The van der Waals surface area contributed by atoms with Gasteiger partial charge in [0.2, 0.25) is 0 Å². The number of methoxy groups -OCH3 is 2. The van der Waals surface area contributed by atoms with E-state index in [0.717, 1.165) is 0 Å². The molecule has 24 heavy (non-hydrogen) atoms. The number of urea groups is 1. The van der Waals surface area contributed by atoms with Crippen molar-refractivity contribution in [3.05, 3.63) is 59.7 Å². The average molecular weight is 328 g/mol. The highest BCUT2D eigenvalue weighted by Gasteiger charge is 2.13. The van der Waals surface area contributed by atoms with Gasteiger partial charge in [0, 0.05) is 5.69 Å². The molecule has 2 amide bonds. The number of hydrogen-bond acceptors (Lipinski definition) is 5. The molecule has 7 heteroatoms.